The summed E-state index contributed by atoms with van der Waals surface area (Å²) in [7, 11) is 2.00. The maximum Gasteiger partial charge on any atom is 0.180 e. The van der Waals surface area contributed by atoms with E-state index in [1.54, 1.807) is 4.88 Å². The first-order valence-corrected chi connectivity index (χ1v) is 8.01. The smallest absolute Gasteiger partial charge is 0.180 e. The van der Waals surface area contributed by atoms with Crippen LogP contribution in [0.3, 0.4) is 0 Å². The lowest BCUT2D eigenvalue weighted by atomic mass is 9.98. The van der Waals surface area contributed by atoms with Gasteiger partial charge in [0.15, 0.2) is 4.77 Å². The zero-order valence-electron chi connectivity index (χ0n) is 11.4. The van der Waals surface area contributed by atoms with E-state index in [9.17, 15) is 0 Å². The van der Waals surface area contributed by atoms with Crippen molar-refractivity contribution in [3.8, 4) is 0 Å². The molecular formula is C14H19N3S2. The molecule has 0 radical (unpaired) electrons. The van der Waals surface area contributed by atoms with Crippen LogP contribution in [0, 0.1) is 4.77 Å². The molecule has 0 N–H and O–H groups in total. The highest BCUT2D eigenvalue weighted by Crippen LogP contribution is 2.35. The second-order valence-electron chi connectivity index (χ2n) is 5.09. The Morgan fingerprint density at radius 1 is 1.42 bits per heavy atom. The summed E-state index contributed by atoms with van der Waals surface area (Å²) >= 11 is 7.33. The van der Waals surface area contributed by atoms with Crippen LogP contribution >= 0.6 is 23.6 Å². The molecule has 1 aliphatic rings. The molecule has 2 aromatic rings. The summed E-state index contributed by atoms with van der Waals surface area (Å²) in [4.78, 5) is 4.12. The number of aromatic nitrogens is 2. The van der Waals surface area contributed by atoms with Gasteiger partial charge in [-0.3, -0.25) is 4.90 Å². The van der Waals surface area contributed by atoms with E-state index >= 15 is 0 Å². The molecule has 0 saturated carbocycles. The monoisotopic (exact) mass is 293 g/mol. The van der Waals surface area contributed by atoms with Gasteiger partial charge < -0.3 is 9.13 Å². The van der Waals surface area contributed by atoms with Crippen LogP contribution in [-0.4, -0.2) is 20.6 Å². The summed E-state index contributed by atoms with van der Waals surface area (Å²) in [5, 5.41) is 2.23. The van der Waals surface area contributed by atoms with Crippen LogP contribution in [0.2, 0.25) is 0 Å². The third-order valence-electron chi connectivity index (χ3n) is 3.94. The average Bonchev–Trinajstić information content (AvgIpc) is 3.00. The number of aryl methyl sites for hydroxylation is 1. The molecule has 0 bridgehead atoms. The Morgan fingerprint density at radius 3 is 2.95 bits per heavy atom. The molecular weight excluding hydrogens is 274 g/mol. The van der Waals surface area contributed by atoms with Crippen molar-refractivity contribution < 1.29 is 0 Å². The van der Waals surface area contributed by atoms with Crippen LogP contribution in [0.5, 0.6) is 0 Å². The second-order valence-corrected chi connectivity index (χ2v) is 6.45. The summed E-state index contributed by atoms with van der Waals surface area (Å²) in [6, 6.07) is 2.84. The minimum atomic E-state index is 0.539. The molecule has 1 aliphatic heterocycles. The van der Waals surface area contributed by atoms with Gasteiger partial charge in [0, 0.05) is 36.9 Å². The predicted molar refractivity (Wildman–Crippen MR) is 82.0 cm³/mol. The Kier molecular flexibility index (Phi) is 3.60. The lowest BCUT2D eigenvalue weighted by molar-refractivity contribution is 0.137. The molecule has 1 atom stereocenters. The van der Waals surface area contributed by atoms with Crippen molar-refractivity contribution in [1.29, 1.82) is 0 Å². The molecule has 3 rings (SSSR count). The fourth-order valence-corrected chi connectivity index (χ4v) is 4.02. The summed E-state index contributed by atoms with van der Waals surface area (Å²) in [6.45, 7) is 4.30. The predicted octanol–water partition coefficient (Wildman–Crippen LogP) is 3.58. The summed E-state index contributed by atoms with van der Waals surface area (Å²) in [5.74, 6) is 0. The van der Waals surface area contributed by atoms with Crippen molar-refractivity contribution in [2.75, 3.05) is 6.54 Å². The normalized spacial score (nSPS) is 19.6. The van der Waals surface area contributed by atoms with Crippen molar-refractivity contribution in [3.63, 3.8) is 0 Å². The highest BCUT2D eigenvalue weighted by molar-refractivity contribution is 7.71. The van der Waals surface area contributed by atoms with E-state index in [0.29, 0.717) is 6.04 Å². The van der Waals surface area contributed by atoms with Gasteiger partial charge in [-0.2, -0.15) is 0 Å². The van der Waals surface area contributed by atoms with Crippen molar-refractivity contribution in [2.24, 2.45) is 7.05 Å². The van der Waals surface area contributed by atoms with E-state index in [4.69, 9.17) is 12.2 Å². The van der Waals surface area contributed by atoms with Crippen LogP contribution in [0.25, 0.3) is 0 Å². The number of imidazole rings is 1. The number of hydrogen-bond donors (Lipinski definition) is 0. The third-order valence-corrected chi connectivity index (χ3v) is 5.46. The Hall–Kier alpha value is -0.910. The van der Waals surface area contributed by atoms with Crippen LogP contribution in [0.15, 0.2) is 23.8 Å². The van der Waals surface area contributed by atoms with E-state index < -0.39 is 0 Å². The molecule has 3 nitrogen and oxygen atoms in total. The maximum absolute atomic E-state index is 5.43. The summed E-state index contributed by atoms with van der Waals surface area (Å²) < 4.78 is 5.05. The van der Waals surface area contributed by atoms with Crippen molar-refractivity contribution in [1.82, 2.24) is 14.0 Å². The molecule has 0 spiro atoms. The summed E-state index contributed by atoms with van der Waals surface area (Å²) in [5.41, 5.74) is 1.53. The minimum absolute atomic E-state index is 0.539. The van der Waals surface area contributed by atoms with Crippen LogP contribution in [0.1, 0.15) is 29.8 Å². The Bertz CT molecular complexity index is 623. The van der Waals surface area contributed by atoms with Gasteiger partial charge in [-0.1, -0.05) is 6.92 Å². The van der Waals surface area contributed by atoms with Crippen molar-refractivity contribution >= 4 is 23.6 Å². The van der Waals surface area contributed by atoms with Crippen LogP contribution in [-0.2, 0) is 20.1 Å². The molecule has 0 aromatic carbocycles. The minimum Gasteiger partial charge on any atom is -0.327 e. The van der Waals surface area contributed by atoms with Gasteiger partial charge in [0.1, 0.15) is 0 Å². The quantitative estimate of drug-likeness (QED) is 0.802. The lowest BCUT2D eigenvalue weighted by Crippen LogP contribution is -2.35. The third kappa shape index (κ3) is 2.30. The second kappa shape index (κ2) is 5.23. The van der Waals surface area contributed by atoms with E-state index in [2.05, 4.69) is 34.0 Å². The van der Waals surface area contributed by atoms with Gasteiger partial charge in [0.05, 0.1) is 6.67 Å². The molecule has 0 saturated heterocycles. The Morgan fingerprint density at radius 2 is 2.26 bits per heavy atom. The molecule has 102 valence electrons. The zero-order valence-corrected chi connectivity index (χ0v) is 13.0. The summed E-state index contributed by atoms with van der Waals surface area (Å²) in [6.07, 6.45) is 6.44. The van der Waals surface area contributed by atoms with Crippen LogP contribution in [0.4, 0.5) is 0 Å². The molecule has 0 amide bonds. The van der Waals surface area contributed by atoms with E-state index in [1.807, 2.05) is 29.1 Å². The van der Waals surface area contributed by atoms with E-state index in [0.717, 1.165) is 24.4 Å². The van der Waals surface area contributed by atoms with Gasteiger partial charge in [-0.05, 0) is 42.1 Å². The van der Waals surface area contributed by atoms with Gasteiger partial charge in [-0.15, -0.1) is 11.3 Å². The first-order valence-electron chi connectivity index (χ1n) is 6.72. The Balaban J connectivity index is 1.86. The first kappa shape index (κ1) is 13.1. The fourth-order valence-electron chi connectivity index (χ4n) is 2.91. The molecule has 5 heteroatoms. The van der Waals surface area contributed by atoms with E-state index in [-0.39, 0.29) is 0 Å². The highest BCUT2D eigenvalue weighted by Gasteiger charge is 2.26. The topological polar surface area (TPSA) is 13.1 Å². The Labute approximate surface area is 123 Å². The molecule has 19 heavy (non-hydrogen) atoms. The SMILES string of the molecule is CC[C@@H]1c2ccsc2CCN1Cn1ccn(C)c1=S. The van der Waals surface area contributed by atoms with Crippen molar-refractivity contribution in [3.05, 3.63) is 39.1 Å². The molecule has 0 aliphatic carbocycles. The molecule has 2 aromatic heterocycles. The average molecular weight is 293 g/mol. The largest absolute Gasteiger partial charge is 0.327 e. The highest BCUT2D eigenvalue weighted by atomic mass is 32.1. The fraction of sp³-hybridized carbons (Fsp3) is 0.500. The molecule has 3 heterocycles. The van der Waals surface area contributed by atoms with Gasteiger partial charge in [-0.25, -0.2) is 0 Å². The number of hydrogen-bond acceptors (Lipinski definition) is 3. The molecule has 0 fully saturated rings. The zero-order chi connectivity index (χ0) is 13.4. The number of thiophene rings is 1. The number of rotatable bonds is 3. The maximum atomic E-state index is 5.43. The number of nitrogens with zero attached hydrogens (tertiary/aromatic N) is 3. The lowest BCUT2D eigenvalue weighted by Gasteiger charge is -2.35. The van der Waals surface area contributed by atoms with Gasteiger partial charge in [0.25, 0.3) is 0 Å². The first-order chi connectivity index (χ1) is 9.20. The molecule has 0 unspecified atom stereocenters. The van der Waals surface area contributed by atoms with Crippen molar-refractivity contribution in [2.45, 2.75) is 32.5 Å². The standard InChI is InChI=1S/C14H19N3S2/c1-3-12-11-5-9-19-13(11)4-6-16(12)10-17-8-7-15(2)14(17)18/h5,7-9,12H,3-4,6,10H2,1-2H3/t12-/m1/s1. The van der Waals surface area contributed by atoms with E-state index in [1.165, 1.54) is 12.0 Å². The van der Waals surface area contributed by atoms with Gasteiger partial charge in [0.2, 0.25) is 0 Å². The van der Waals surface area contributed by atoms with Gasteiger partial charge >= 0.3 is 0 Å². The van der Waals surface area contributed by atoms with Crippen LogP contribution < -0.4 is 0 Å². The number of fused-ring (bicyclic) bond motifs is 1.